The van der Waals surface area contributed by atoms with Crippen LogP contribution in [0.2, 0.25) is 0 Å². The Morgan fingerprint density at radius 2 is 1.25 bits per heavy atom. The van der Waals surface area contributed by atoms with Crippen molar-refractivity contribution in [3.8, 4) is 16.8 Å². The minimum atomic E-state index is 0.124. The van der Waals surface area contributed by atoms with Crippen LogP contribution in [0, 0.1) is 0 Å². The van der Waals surface area contributed by atoms with E-state index in [0.717, 1.165) is 18.7 Å². The molecule has 274 valence electrons. The normalized spacial score (nSPS) is 15.3. The van der Waals surface area contributed by atoms with E-state index in [1.54, 1.807) is 0 Å². The van der Waals surface area contributed by atoms with Crippen LogP contribution in [0.4, 0.5) is 17.1 Å². The number of benzene rings is 7. The van der Waals surface area contributed by atoms with Gasteiger partial charge in [-0.15, -0.1) is 11.3 Å². The predicted octanol–water partition coefficient (Wildman–Crippen LogP) is 12.8. The van der Waals surface area contributed by atoms with E-state index < -0.39 is 0 Å². The maximum absolute atomic E-state index is 3.89. The van der Waals surface area contributed by atoms with Crippen molar-refractivity contribution in [2.45, 2.75) is 51.4 Å². The second kappa shape index (κ2) is 11.8. The van der Waals surface area contributed by atoms with Gasteiger partial charge in [-0.3, -0.25) is 0 Å². The summed E-state index contributed by atoms with van der Waals surface area (Å²) in [7, 11) is 0.877. The number of fused-ring (bicyclic) bond motifs is 11. The summed E-state index contributed by atoms with van der Waals surface area (Å²) in [4.78, 5) is 6.36. The Kier molecular flexibility index (Phi) is 6.83. The lowest BCUT2D eigenvalue weighted by Crippen LogP contribution is -2.35. The van der Waals surface area contributed by atoms with Crippen LogP contribution in [-0.4, -0.2) is 16.8 Å². The Morgan fingerprint density at radius 1 is 0.614 bits per heavy atom. The summed E-state index contributed by atoms with van der Waals surface area (Å²) in [6, 6.07) is 54.2. The summed E-state index contributed by atoms with van der Waals surface area (Å²) >= 11 is 2.01. The number of nitrogens with zero attached hydrogens (tertiary/aromatic N) is 2. The summed E-state index contributed by atoms with van der Waals surface area (Å²) in [6.45, 7) is 9.80. The van der Waals surface area contributed by atoms with Crippen molar-refractivity contribution in [3.05, 3.63) is 157 Å². The van der Waals surface area contributed by atoms with Crippen LogP contribution < -0.4 is 15.1 Å². The molecule has 0 saturated carbocycles. The van der Waals surface area contributed by atoms with E-state index in [1.807, 2.05) is 11.3 Å². The van der Waals surface area contributed by atoms with Gasteiger partial charge in [0.2, 0.25) is 7.28 Å². The van der Waals surface area contributed by atoms with E-state index >= 15 is 0 Å². The van der Waals surface area contributed by atoms with Crippen LogP contribution in [0.15, 0.2) is 146 Å². The molecule has 0 saturated heterocycles. The molecule has 0 bridgehead atoms. The number of hydrogen-bond donors (Lipinski definition) is 1. The van der Waals surface area contributed by atoms with Gasteiger partial charge in [-0.25, -0.2) is 0 Å². The van der Waals surface area contributed by atoms with Gasteiger partial charge in [0, 0.05) is 54.1 Å². The molecule has 5 heteroatoms. The average molecular weight is 752 g/mol. The van der Waals surface area contributed by atoms with Crippen molar-refractivity contribution in [3.63, 3.8) is 0 Å². The zero-order chi connectivity index (χ0) is 38.2. The van der Waals surface area contributed by atoms with Gasteiger partial charge in [0.1, 0.15) is 0 Å². The van der Waals surface area contributed by atoms with Gasteiger partial charge in [0.05, 0.1) is 27.9 Å². The highest BCUT2D eigenvalue weighted by Crippen LogP contribution is 2.51. The third-order valence-corrected chi connectivity index (χ3v) is 14.5. The minimum Gasteiger partial charge on any atom is -0.354 e. The molecule has 10 aromatic rings. The molecule has 57 heavy (non-hydrogen) atoms. The number of aromatic amines is 1. The summed E-state index contributed by atoms with van der Waals surface area (Å²) < 4.78 is 5.51. The molecule has 1 N–H and O–H groups in total. The molecule has 0 fully saturated rings. The number of rotatable bonds is 4. The third kappa shape index (κ3) is 4.67. The molecular formula is C52H42BN3S. The van der Waals surface area contributed by atoms with E-state index in [2.05, 4.69) is 188 Å². The first kappa shape index (κ1) is 33.1. The molecule has 0 unspecified atom stereocenters. The number of thiophene rings is 1. The Bertz CT molecular complexity index is 3230. The van der Waals surface area contributed by atoms with Crippen LogP contribution in [0.25, 0.3) is 70.5 Å². The Labute approximate surface area is 337 Å². The molecule has 2 aliphatic rings. The first-order valence-electron chi connectivity index (χ1n) is 20.4. The molecule has 3 nitrogen and oxygen atoms in total. The second-order valence-electron chi connectivity index (χ2n) is 17.6. The lowest BCUT2D eigenvalue weighted by molar-refractivity contribution is 0.332. The Morgan fingerprint density at radius 3 is 1.98 bits per heavy atom. The van der Waals surface area contributed by atoms with Crippen molar-refractivity contribution < 1.29 is 0 Å². The fourth-order valence-corrected chi connectivity index (χ4v) is 11.7. The number of aromatic nitrogens is 2. The number of nitrogens with one attached hydrogen (secondary N) is 1. The molecule has 3 aromatic heterocycles. The number of anilines is 3. The smallest absolute Gasteiger partial charge is 0.211 e. The van der Waals surface area contributed by atoms with Crippen molar-refractivity contribution in [1.29, 1.82) is 0 Å². The predicted molar refractivity (Wildman–Crippen MR) is 247 cm³/mol. The van der Waals surface area contributed by atoms with Gasteiger partial charge in [0.25, 0.3) is 0 Å². The van der Waals surface area contributed by atoms with Crippen molar-refractivity contribution in [2.24, 2.45) is 0 Å². The molecule has 12 rings (SSSR count). The average Bonchev–Trinajstić information content (AvgIpc) is 3.91. The van der Waals surface area contributed by atoms with Crippen LogP contribution in [-0.2, 0) is 10.8 Å². The lowest BCUT2D eigenvalue weighted by atomic mass is 9.62. The molecule has 0 atom stereocenters. The molecule has 0 amide bonds. The van der Waals surface area contributed by atoms with Crippen molar-refractivity contribution in [2.75, 3.05) is 4.90 Å². The van der Waals surface area contributed by atoms with Gasteiger partial charge < -0.3 is 14.5 Å². The van der Waals surface area contributed by atoms with Gasteiger partial charge in [-0.1, -0.05) is 119 Å². The van der Waals surface area contributed by atoms with E-state index in [4.69, 9.17) is 0 Å². The summed E-state index contributed by atoms with van der Waals surface area (Å²) in [5, 5.41) is 6.48. The highest BCUT2D eigenvalue weighted by molar-refractivity contribution is 7.29. The third-order valence-electron chi connectivity index (χ3n) is 13.4. The molecule has 1 aliphatic carbocycles. The van der Waals surface area contributed by atoms with Crippen LogP contribution in [0.1, 0.15) is 51.7 Å². The zero-order valence-electron chi connectivity index (χ0n) is 32.8. The van der Waals surface area contributed by atoms with Crippen LogP contribution >= 0.6 is 11.3 Å². The highest BCUT2D eigenvalue weighted by Gasteiger charge is 2.39. The molecule has 0 spiro atoms. The van der Waals surface area contributed by atoms with Gasteiger partial charge in [-0.2, -0.15) is 0 Å². The Balaban J connectivity index is 1.26. The molecule has 7 aromatic carbocycles. The summed E-state index contributed by atoms with van der Waals surface area (Å²) in [5.74, 6) is 0. The van der Waals surface area contributed by atoms with E-state index in [1.165, 1.54) is 110 Å². The maximum atomic E-state index is 3.89. The first-order valence-corrected chi connectivity index (χ1v) is 21.2. The number of H-pyrrole nitrogens is 1. The summed E-state index contributed by atoms with van der Waals surface area (Å²) in [6.07, 6.45) is 2.41. The largest absolute Gasteiger partial charge is 0.354 e. The fraction of sp³-hybridized carbons (Fsp3) is 0.154. The SMILES string of the molecule is CC1(C)CCC(C)(C)c2cc3c4c(sc3cc21)Bc1c(-c2cccc3c2[nH]c2ccccc23)cc(N(c2ccccc2)c2ccccc2)c2c3ccccc3n-4c12. The standard InChI is InChI=1S/C52H42BN3S/c1-51(2)26-27-52(3,4)40-30-44-38(28-39(40)51)48-50(57-44)53-46-37(35-23-15-22-34-33-20-11-13-24-41(33)54-47(34)35)29-43(45-36-21-12-14-25-42(36)56(48)49(45)46)55(31-16-7-5-8-17-31)32-18-9-6-10-19-32/h5-25,28-30,53-54H,26-27H2,1-4H3. The number of para-hydroxylation sites is 5. The molecular weight excluding hydrogens is 709 g/mol. The Hall–Kier alpha value is -6.04. The maximum Gasteiger partial charge on any atom is 0.211 e. The van der Waals surface area contributed by atoms with Crippen molar-refractivity contribution in [1.82, 2.24) is 9.55 Å². The summed E-state index contributed by atoms with van der Waals surface area (Å²) in [5.41, 5.74) is 17.0. The molecule has 0 radical (unpaired) electrons. The second-order valence-corrected chi connectivity index (χ2v) is 18.8. The van der Waals surface area contributed by atoms with E-state index in [-0.39, 0.29) is 10.8 Å². The minimum absolute atomic E-state index is 0.124. The monoisotopic (exact) mass is 751 g/mol. The molecule has 1 aliphatic heterocycles. The van der Waals surface area contributed by atoms with Gasteiger partial charge >= 0.3 is 0 Å². The zero-order valence-corrected chi connectivity index (χ0v) is 33.6. The lowest BCUT2D eigenvalue weighted by Gasteiger charge is -2.42. The first-order chi connectivity index (χ1) is 27.8. The van der Waals surface area contributed by atoms with Crippen molar-refractivity contribution >= 4 is 99.6 Å². The number of hydrogen-bond acceptors (Lipinski definition) is 2. The van der Waals surface area contributed by atoms with Gasteiger partial charge in [0.15, 0.2) is 0 Å². The van der Waals surface area contributed by atoms with E-state index in [9.17, 15) is 0 Å². The molecule has 4 heterocycles. The van der Waals surface area contributed by atoms with Crippen LogP contribution in [0.3, 0.4) is 0 Å². The fourth-order valence-electron chi connectivity index (χ4n) is 10.4. The van der Waals surface area contributed by atoms with E-state index in [0.29, 0.717) is 0 Å². The quantitative estimate of drug-likeness (QED) is 0.178. The van der Waals surface area contributed by atoms with Crippen LogP contribution in [0.5, 0.6) is 0 Å². The highest BCUT2D eigenvalue weighted by atomic mass is 32.1. The van der Waals surface area contributed by atoms with Gasteiger partial charge in [-0.05, 0) is 105 Å². The topological polar surface area (TPSA) is 24.0 Å².